The maximum Gasteiger partial charge on any atom is 0.332 e. The molecule has 6 nitrogen and oxygen atoms in total. The van der Waals surface area contributed by atoms with Crippen LogP contribution in [-0.2, 0) is 27.1 Å². The van der Waals surface area contributed by atoms with E-state index in [0.717, 1.165) is 11.8 Å². The van der Waals surface area contributed by atoms with Gasteiger partial charge in [0.05, 0.1) is 44.1 Å². The summed E-state index contributed by atoms with van der Waals surface area (Å²) in [5, 5.41) is 0. The van der Waals surface area contributed by atoms with Crippen molar-refractivity contribution in [2.45, 2.75) is 325 Å². The monoisotopic (exact) mass is 1040 g/mol. The number of hydrogen-bond donors (Lipinski definition) is 0. The van der Waals surface area contributed by atoms with Crippen molar-refractivity contribution in [3.63, 3.8) is 0 Å². The lowest BCUT2D eigenvalue weighted by atomic mass is 9.63. The first-order valence-electron chi connectivity index (χ1n) is 31.7. The van der Waals surface area contributed by atoms with Gasteiger partial charge in [0.25, 0.3) is 0 Å². The zero-order valence-corrected chi connectivity index (χ0v) is 51.0. The minimum Gasteiger partial charge on any atom is -0.311 e. The lowest BCUT2D eigenvalue weighted by Crippen LogP contribution is -2.47. The van der Waals surface area contributed by atoms with Crippen LogP contribution in [0.5, 0.6) is 0 Å². The van der Waals surface area contributed by atoms with E-state index < -0.39 is 17.2 Å². The zero-order valence-electron chi connectivity index (χ0n) is 49.2. The number of rotatable bonds is 38. The Hall–Kier alpha value is 0.620. The molecule has 420 valence electrons. The number of unbranched alkanes of at least 4 members (excludes halogenated alkanes) is 30. The summed E-state index contributed by atoms with van der Waals surface area (Å²) in [7, 11) is -2.79. The summed E-state index contributed by atoms with van der Waals surface area (Å²) in [5.41, 5.74) is 0.0491. The average Bonchev–Trinajstić information content (AvgIpc) is 3.33. The van der Waals surface area contributed by atoms with Crippen LogP contribution in [-0.4, -0.2) is 38.6 Å². The fraction of sp³-hybridized carbons (Fsp3) is 1.00. The van der Waals surface area contributed by atoms with Gasteiger partial charge in [0.1, 0.15) is 0 Å². The molecule has 2 aliphatic carbocycles. The predicted molar refractivity (Wildman–Crippen MR) is 308 cm³/mol. The molecule has 8 unspecified atom stereocenters. The highest BCUT2D eigenvalue weighted by Gasteiger charge is 2.49. The molecule has 0 N–H and O–H groups in total. The molecule has 2 heterocycles. The highest BCUT2D eigenvalue weighted by molar-refractivity contribution is 7.42. The van der Waals surface area contributed by atoms with Crippen molar-refractivity contribution in [1.29, 1.82) is 0 Å². The van der Waals surface area contributed by atoms with Crippen molar-refractivity contribution in [3.8, 4) is 0 Å². The summed E-state index contributed by atoms with van der Waals surface area (Å²) in [6, 6.07) is 0. The summed E-state index contributed by atoms with van der Waals surface area (Å²) < 4.78 is 39.6. The van der Waals surface area contributed by atoms with Gasteiger partial charge in [-0.2, -0.15) is 0 Å². The lowest BCUT2D eigenvalue weighted by molar-refractivity contribution is -0.104. The van der Waals surface area contributed by atoms with E-state index in [-0.39, 0.29) is 28.5 Å². The maximum absolute atomic E-state index is 6.88. The normalized spacial score (nSPS) is 29.8. The van der Waals surface area contributed by atoms with Gasteiger partial charge in [-0.25, -0.2) is 0 Å². The largest absolute Gasteiger partial charge is 0.332 e. The van der Waals surface area contributed by atoms with E-state index in [0.29, 0.717) is 50.1 Å². The quantitative estimate of drug-likeness (QED) is 0.0454. The summed E-state index contributed by atoms with van der Waals surface area (Å²) in [6.45, 7) is 26.2. The third-order valence-electron chi connectivity index (χ3n) is 18.0. The molecule has 1 spiro atoms. The second-order valence-electron chi connectivity index (χ2n) is 26.9. The van der Waals surface area contributed by atoms with Gasteiger partial charge >= 0.3 is 17.2 Å². The minimum absolute atomic E-state index is 0.166. The van der Waals surface area contributed by atoms with Crippen LogP contribution in [0.15, 0.2) is 0 Å². The fourth-order valence-electron chi connectivity index (χ4n) is 13.2. The van der Waals surface area contributed by atoms with E-state index in [1.807, 2.05) is 0 Å². The molecule has 2 saturated heterocycles. The van der Waals surface area contributed by atoms with Crippen molar-refractivity contribution in [2.75, 3.05) is 26.4 Å². The molecule has 0 radical (unpaired) electrons. The fourth-order valence-corrected chi connectivity index (χ4v) is 16.2. The van der Waals surface area contributed by atoms with Crippen molar-refractivity contribution in [1.82, 2.24) is 0 Å². The van der Waals surface area contributed by atoms with E-state index in [1.54, 1.807) is 0 Å². The van der Waals surface area contributed by atoms with Crippen molar-refractivity contribution in [3.05, 3.63) is 0 Å². The Kier molecular flexibility index (Phi) is 33.1. The second kappa shape index (κ2) is 36.7. The smallest absolute Gasteiger partial charge is 0.311 e. The molecular weight excluding hydrogens is 915 g/mol. The first-order chi connectivity index (χ1) is 34.2. The molecule has 2 saturated carbocycles. The summed E-state index contributed by atoms with van der Waals surface area (Å²) in [4.78, 5) is 0. The average molecular weight is 1040 g/mol. The molecule has 0 aromatic carbocycles. The Balaban J connectivity index is 1.06. The molecular formula is C63H122O6P2. The lowest BCUT2D eigenvalue weighted by Gasteiger charge is -2.49. The van der Waals surface area contributed by atoms with E-state index in [9.17, 15) is 0 Å². The molecule has 0 amide bonds. The van der Waals surface area contributed by atoms with E-state index in [4.69, 9.17) is 27.1 Å². The highest BCUT2D eigenvalue weighted by Crippen LogP contribution is 2.58. The molecule has 4 aliphatic rings. The van der Waals surface area contributed by atoms with Crippen molar-refractivity contribution in [2.24, 2.45) is 51.8 Å². The van der Waals surface area contributed by atoms with Gasteiger partial charge in [-0.1, -0.05) is 288 Å². The Morgan fingerprint density at radius 3 is 0.845 bits per heavy atom. The molecule has 0 aromatic heterocycles. The van der Waals surface area contributed by atoms with Crippen LogP contribution in [0.1, 0.15) is 313 Å². The highest BCUT2D eigenvalue weighted by atomic mass is 31.2. The number of hydrogen-bond acceptors (Lipinski definition) is 6. The molecule has 8 atom stereocenters. The van der Waals surface area contributed by atoms with Crippen LogP contribution in [0.2, 0.25) is 0 Å². The van der Waals surface area contributed by atoms with Gasteiger partial charge in [0, 0.05) is 0 Å². The van der Waals surface area contributed by atoms with Gasteiger partial charge in [-0.05, 0) is 72.0 Å². The second-order valence-corrected chi connectivity index (χ2v) is 29.3. The molecule has 8 heteroatoms. The molecule has 0 bridgehead atoms. The predicted octanol–water partition coefficient (Wildman–Crippen LogP) is 22.0. The third kappa shape index (κ3) is 26.2. The van der Waals surface area contributed by atoms with Gasteiger partial charge in [-0.15, -0.1) is 0 Å². The van der Waals surface area contributed by atoms with E-state index >= 15 is 0 Å². The van der Waals surface area contributed by atoms with Crippen LogP contribution in [0, 0.1) is 51.8 Å². The Morgan fingerprint density at radius 1 is 0.366 bits per heavy atom. The third-order valence-corrected chi connectivity index (χ3v) is 20.2. The zero-order chi connectivity index (χ0) is 51.2. The van der Waals surface area contributed by atoms with Crippen LogP contribution in [0.25, 0.3) is 0 Å². The van der Waals surface area contributed by atoms with Crippen LogP contribution >= 0.6 is 17.2 Å². The maximum atomic E-state index is 6.88. The minimum atomic E-state index is -1.40. The van der Waals surface area contributed by atoms with Crippen LogP contribution < -0.4 is 0 Å². The molecule has 71 heavy (non-hydrogen) atoms. The van der Waals surface area contributed by atoms with Gasteiger partial charge in [0.2, 0.25) is 0 Å². The van der Waals surface area contributed by atoms with Crippen LogP contribution in [0.4, 0.5) is 0 Å². The van der Waals surface area contributed by atoms with E-state index in [2.05, 4.69) is 69.2 Å². The van der Waals surface area contributed by atoms with Crippen LogP contribution in [0.3, 0.4) is 0 Å². The van der Waals surface area contributed by atoms with Gasteiger partial charge in [0.15, 0.2) is 0 Å². The Morgan fingerprint density at radius 2 is 0.606 bits per heavy atom. The first kappa shape index (κ1) is 64.1. The standard InChI is InChI=1S/C63H122O6P2/c1-11-13-15-17-19-21-23-25-27-29-31-33-35-37-39-41-43-55-45-53(3)59(57(47-55)61(5,6)7)68-70-64-49-63(50-65-70)51-66-71(67-52-63)69-60-54(4)46-56(48-58(60)62(8,9)10)44-42-40-38-36-34-32-30-28-26-24-22-20-18-16-14-12-2/h53-60H,11-52H2,1-10H3. The van der Waals surface area contributed by atoms with Crippen molar-refractivity contribution < 1.29 is 27.1 Å². The first-order valence-corrected chi connectivity index (χ1v) is 33.9. The van der Waals surface area contributed by atoms with Crippen molar-refractivity contribution >= 4 is 17.2 Å². The summed E-state index contributed by atoms with van der Waals surface area (Å²) in [5.74, 6) is 3.59. The van der Waals surface area contributed by atoms with E-state index in [1.165, 1.54) is 244 Å². The molecule has 0 aromatic rings. The summed E-state index contributed by atoms with van der Waals surface area (Å²) in [6.07, 6.45) is 53.9. The summed E-state index contributed by atoms with van der Waals surface area (Å²) >= 11 is 0. The van der Waals surface area contributed by atoms with Gasteiger partial charge < -0.3 is 27.1 Å². The molecule has 4 fully saturated rings. The Bertz CT molecular complexity index is 1170. The molecule has 4 rings (SSSR count). The van der Waals surface area contributed by atoms with Gasteiger partial charge in [-0.3, -0.25) is 0 Å². The molecule has 2 aliphatic heterocycles. The Labute approximate surface area is 446 Å². The topological polar surface area (TPSA) is 55.4 Å². The SMILES string of the molecule is CCCCCCCCCCCCCCCCCCC1CC(C)C(OP2OCC3(CO2)COP(OC2C(C)CC(CCCCCCCCCCCCCCCCCC)CC2C(C)(C)C)OC3)C(C(C)(C)C)C1.